The highest BCUT2D eigenvalue weighted by atomic mass is 32.2. The van der Waals surface area contributed by atoms with Crippen molar-refractivity contribution >= 4 is 21.7 Å². The van der Waals surface area contributed by atoms with Crippen LogP contribution < -0.4 is 5.73 Å². The van der Waals surface area contributed by atoms with Crippen molar-refractivity contribution in [2.24, 2.45) is 15.1 Å². The second-order valence-electron chi connectivity index (χ2n) is 7.95. The van der Waals surface area contributed by atoms with E-state index < -0.39 is 57.3 Å². The Balaban J connectivity index is 2.00. The van der Waals surface area contributed by atoms with Crippen LogP contribution in [0.5, 0.6) is 0 Å². The van der Waals surface area contributed by atoms with E-state index in [-0.39, 0.29) is 23.5 Å². The largest absolute Gasteiger partial charge is 0.408 e. The van der Waals surface area contributed by atoms with Crippen molar-refractivity contribution in [2.45, 2.75) is 32.0 Å². The van der Waals surface area contributed by atoms with Crippen molar-refractivity contribution in [1.82, 2.24) is 14.3 Å². The van der Waals surface area contributed by atoms with E-state index in [9.17, 15) is 31.0 Å². The number of carbonyl (C=O) groups excluding carboxylic acids is 1. The molecular formula is C20H21F5N6O2S. The molecule has 1 aliphatic heterocycles. The molecule has 184 valence electrons. The van der Waals surface area contributed by atoms with Gasteiger partial charge in [-0.3, -0.25) is 14.1 Å². The van der Waals surface area contributed by atoms with Crippen LogP contribution in [0.1, 0.15) is 34.4 Å². The highest BCUT2D eigenvalue weighted by Crippen LogP contribution is 2.33. The van der Waals surface area contributed by atoms with Crippen LogP contribution in [0.4, 0.5) is 22.0 Å². The van der Waals surface area contributed by atoms with Crippen molar-refractivity contribution in [3.63, 3.8) is 0 Å². The number of Topliss-reactive ketones (excluding diaryl/α,β-unsaturated/α-hetero) is 1. The smallest absolute Gasteiger partial charge is 0.369 e. The topological polar surface area (TPSA) is 114 Å². The Morgan fingerprint density at radius 2 is 2.00 bits per heavy atom. The maximum atomic E-state index is 14.8. The number of guanidine groups is 1. The molecule has 2 aromatic rings. The molecule has 0 amide bonds. The SMILES string of the molecule is Cc1cc(F)cnc1C(=O)Cc1ccc(F)c([C@]2(C)C[S@@](=O)(=NCC(F)(F)F)N(C)C(N)=N2)n1. The van der Waals surface area contributed by atoms with Crippen LogP contribution >= 0.6 is 0 Å². The van der Waals surface area contributed by atoms with Gasteiger partial charge in [0.05, 0.1) is 18.4 Å². The number of aromatic nitrogens is 2. The number of carbonyl (C=O) groups is 1. The van der Waals surface area contributed by atoms with Gasteiger partial charge in [-0.15, -0.1) is 0 Å². The average molecular weight is 504 g/mol. The van der Waals surface area contributed by atoms with Crippen LogP contribution in [0.2, 0.25) is 0 Å². The summed E-state index contributed by atoms with van der Waals surface area (Å²) in [5.41, 5.74) is 4.12. The molecule has 2 aromatic heterocycles. The van der Waals surface area contributed by atoms with Crippen molar-refractivity contribution in [3.8, 4) is 0 Å². The fraction of sp³-hybridized carbons (Fsp3) is 0.400. The molecule has 0 saturated heterocycles. The van der Waals surface area contributed by atoms with Gasteiger partial charge in [0.2, 0.25) is 5.96 Å². The van der Waals surface area contributed by atoms with Crippen molar-refractivity contribution < 1.29 is 31.0 Å². The van der Waals surface area contributed by atoms with E-state index >= 15 is 0 Å². The minimum absolute atomic E-state index is 0.0100. The van der Waals surface area contributed by atoms with Gasteiger partial charge in [0.1, 0.15) is 45.0 Å². The zero-order valence-corrected chi connectivity index (χ0v) is 19.2. The first-order valence-electron chi connectivity index (χ1n) is 9.81. The summed E-state index contributed by atoms with van der Waals surface area (Å²) in [6.07, 6.45) is -4.14. The number of hydrogen-bond donors (Lipinski definition) is 1. The van der Waals surface area contributed by atoms with Gasteiger partial charge < -0.3 is 5.73 Å². The molecule has 0 unspecified atom stereocenters. The number of hydrogen-bond acceptors (Lipinski definition) is 7. The summed E-state index contributed by atoms with van der Waals surface area (Å²) in [4.78, 5) is 24.7. The number of aliphatic imine (C=N–C) groups is 1. The standard InChI is InChI=1S/C20H21F5N6O2S/c1-11-6-12(21)8-27-16(11)15(32)7-13-4-5-14(22)17(29-13)19(2)10-34(33,28-9-20(23,24)25)31(3)18(26)30-19/h4-6,8H,7,9-10H2,1-3H3,(H2,26,30)/t19-,34+/m0/s1. The van der Waals surface area contributed by atoms with E-state index in [1.165, 1.54) is 27.0 Å². The van der Waals surface area contributed by atoms with E-state index in [0.29, 0.717) is 5.56 Å². The monoisotopic (exact) mass is 504 g/mol. The highest BCUT2D eigenvalue weighted by Gasteiger charge is 2.42. The molecule has 0 saturated carbocycles. The summed E-state index contributed by atoms with van der Waals surface area (Å²) in [5.74, 6) is -3.02. The first kappa shape index (κ1) is 25.5. The van der Waals surface area contributed by atoms with Crippen LogP contribution in [0, 0.1) is 18.6 Å². The number of ketones is 1. The third-order valence-corrected chi connectivity index (χ3v) is 7.60. The maximum Gasteiger partial charge on any atom is 0.408 e. The molecule has 0 spiro atoms. The molecule has 34 heavy (non-hydrogen) atoms. The molecule has 0 fully saturated rings. The molecule has 14 heteroatoms. The third kappa shape index (κ3) is 5.32. The van der Waals surface area contributed by atoms with E-state index in [2.05, 4.69) is 19.3 Å². The fourth-order valence-electron chi connectivity index (χ4n) is 3.43. The number of aryl methyl sites for hydroxylation is 1. The van der Waals surface area contributed by atoms with Crippen molar-refractivity contribution in [1.29, 1.82) is 0 Å². The predicted molar refractivity (Wildman–Crippen MR) is 114 cm³/mol. The number of nitrogens with two attached hydrogens (primary N) is 1. The lowest BCUT2D eigenvalue weighted by molar-refractivity contribution is -0.117. The minimum atomic E-state index is -4.71. The molecule has 0 aromatic carbocycles. The van der Waals surface area contributed by atoms with E-state index in [1.54, 1.807) is 0 Å². The minimum Gasteiger partial charge on any atom is -0.369 e. The Labute approximate surface area is 192 Å². The summed E-state index contributed by atoms with van der Waals surface area (Å²) in [5, 5.41) is 0. The molecule has 0 aliphatic carbocycles. The van der Waals surface area contributed by atoms with Crippen LogP contribution in [0.25, 0.3) is 0 Å². The second-order valence-corrected chi connectivity index (χ2v) is 10.3. The lowest BCUT2D eigenvalue weighted by Crippen LogP contribution is -2.51. The summed E-state index contributed by atoms with van der Waals surface area (Å²) >= 11 is 0. The van der Waals surface area contributed by atoms with Crippen LogP contribution in [0.15, 0.2) is 33.8 Å². The van der Waals surface area contributed by atoms with Gasteiger partial charge in [0, 0.05) is 12.7 Å². The van der Waals surface area contributed by atoms with Gasteiger partial charge in [-0.05, 0) is 37.6 Å². The highest BCUT2D eigenvalue weighted by molar-refractivity contribution is 7.92. The van der Waals surface area contributed by atoms with E-state index in [1.807, 2.05) is 0 Å². The van der Waals surface area contributed by atoms with Crippen molar-refractivity contribution in [3.05, 3.63) is 58.7 Å². The quantitative estimate of drug-likeness (QED) is 0.497. The first-order valence-corrected chi connectivity index (χ1v) is 11.5. The normalized spacial score (nSPS) is 22.9. The molecule has 2 N–H and O–H groups in total. The number of pyridine rings is 2. The van der Waals surface area contributed by atoms with E-state index in [4.69, 9.17) is 5.73 Å². The molecule has 8 nitrogen and oxygen atoms in total. The van der Waals surface area contributed by atoms with Gasteiger partial charge in [0.15, 0.2) is 5.78 Å². The van der Waals surface area contributed by atoms with Crippen LogP contribution in [-0.4, -0.2) is 55.7 Å². The second kappa shape index (κ2) is 8.89. The Kier molecular flexibility index (Phi) is 6.66. The van der Waals surface area contributed by atoms with Crippen molar-refractivity contribution in [2.75, 3.05) is 19.3 Å². The Hall–Kier alpha value is -3.16. The molecule has 1 aliphatic rings. The lowest BCUT2D eigenvalue weighted by atomic mass is 9.98. The van der Waals surface area contributed by atoms with Gasteiger partial charge in [-0.25, -0.2) is 27.3 Å². The van der Waals surface area contributed by atoms with E-state index in [0.717, 1.165) is 22.6 Å². The number of alkyl halides is 3. The predicted octanol–water partition coefficient (Wildman–Crippen LogP) is 2.91. The van der Waals surface area contributed by atoms with Crippen LogP contribution in [-0.2, 0) is 21.9 Å². The Morgan fingerprint density at radius 1 is 1.32 bits per heavy atom. The molecule has 2 atom stereocenters. The van der Waals surface area contributed by atoms with Gasteiger partial charge in [0.25, 0.3) is 0 Å². The van der Waals surface area contributed by atoms with Crippen LogP contribution in [0.3, 0.4) is 0 Å². The Morgan fingerprint density at radius 3 is 2.62 bits per heavy atom. The van der Waals surface area contributed by atoms with Gasteiger partial charge in [-0.2, -0.15) is 13.2 Å². The number of rotatable bonds is 5. The number of nitrogens with zero attached hydrogens (tertiary/aromatic N) is 5. The summed E-state index contributed by atoms with van der Waals surface area (Å²) < 4.78 is 83.6. The molecule has 3 rings (SSSR count). The Bertz CT molecular complexity index is 1290. The average Bonchev–Trinajstić information content (AvgIpc) is 2.71. The zero-order chi connectivity index (χ0) is 25.5. The number of halogens is 5. The molecule has 0 radical (unpaired) electrons. The fourth-order valence-corrected chi connectivity index (χ4v) is 5.50. The summed E-state index contributed by atoms with van der Waals surface area (Å²) in [6, 6.07) is 3.40. The summed E-state index contributed by atoms with van der Waals surface area (Å²) in [6.45, 7) is 1.14. The third-order valence-electron chi connectivity index (χ3n) is 5.09. The zero-order valence-electron chi connectivity index (χ0n) is 18.4. The maximum absolute atomic E-state index is 14.8. The first-order chi connectivity index (χ1) is 15.6. The van der Waals surface area contributed by atoms with Gasteiger partial charge >= 0.3 is 6.18 Å². The molecule has 0 bridgehead atoms. The molecule has 3 heterocycles. The summed E-state index contributed by atoms with van der Waals surface area (Å²) in [7, 11) is -2.57. The lowest BCUT2D eigenvalue weighted by Gasteiger charge is -2.36. The van der Waals surface area contributed by atoms with Gasteiger partial charge in [-0.1, -0.05) is 0 Å². The molecular weight excluding hydrogens is 483 g/mol.